The first-order chi connectivity index (χ1) is 12.5. The van der Waals surface area contributed by atoms with E-state index in [1.807, 2.05) is 69.3 Å². The maximum absolute atomic E-state index is 12.3. The number of aryl methyl sites for hydroxylation is 2. The van der Waals surface area contributed by atoms with Gasteiger partial charge in [0.25, 0.3) is 0 Å². The molecular formula is C20H21N3O2S. The molecule has 0 aliphatic carbocycles. The van der Waals surface area contributed by atoms with E-state index in [2.05, 4.69) is 15.5 Å². The average Bonchev–Trinajstić information content (AvgIpc) is 3.09. The van der Waals surface area contributed by atoms with Gasteiger partial charge in [-0.15, -0.1) is 11.8 Å². The van der Waals surface area contributed by atoms with Crippen LogP contribution in [0.5, 0.6) is 0 Å². The molecule has 0 saturated carbocycles. The summed E-state index contributed by atoms with van der Waals surface area (Å²) < 4.78 is 5.32. The van der Waals surface area contributed by atoms with E-state index in [0.29, 0.717) is 17.5 Å². The fourth-order valence-electron chi connectivity index (χ4n) is 2.49. The van der Waals surface area contributed by atoms with Crippen LogP contribution in [-0.4, -0.2) is 21.3 Å². The van der Waals surface area contributed by atoms with Gasteiger partial charge in [0.1, 0.15) is 0 Å². The van der Waals surface area contributed by atoms with Crippen molar-refractivity contribution in [2.75, 3.05) is 5.32 Å². The van der Waals surface area contributed by atoms with Crippen molar-refractivity contribution in [2.45, 2.75) is 31.8 Å². The van der Waals surface area contributed by atoms with Gasteiger partial charge in [0.15, 0.2) is 0 Å². The van der Waals surface area contributed by atoms with E-state index in [9.17, 15) is 4.79 Å². The molecular weight excluding hydrogens is 346 g/mol. The molecule has 2 aromatic carbocycles. The smallest absolute Gasteiger partial charge is 0.237 e. The summed E-state index contributed by atoms with van der Waals surface area (Å²) in [6, 6.07) is 15.7. The van der Waals surface area contributed by atoms with Crippen LogP contribution >= 0.6 is 11.8 Å². The van der Waals surface area contributed by atoms with Gasteiger partial charge < -0.3 is 9.84 Å². The number of benzene rings is 2. The highest BCUT2D eigenvalue weighted by Crippen LogP contribution is 2.23. The summed E-state index contributed by atoms with van der Waals surface area (Å²) in [6.07, 6.45) is 0. The number of amides is 1. The van der Waals surface area contributed by atoms with Crippen LogP contribution in [0.15, 0.2) is 53.1 Å². The third-order valence-electron chi connectivity index (χ3n) is 3.97. The number of carbonyl (C=O) groups excluding carboxylic acids is 1. The first-order valence-corrected chi connectivity index (χ1v) is 9.45. The van der Waals surface area contributed by atoms with Crippen LogP contribution in [0.2, 0.25) is 0 Å². The molecule has 134 valence electrons. The average molecular weight is 367 g/mol. The van der Waals surface area contributed by atoms with Gasteiger partial charge >= 0.3 is 0 Å². The lowest BCUT2D eigenvalue weighted by Gasteiger charge is -2.11. The van der Waals surface area contributed by atoms with E-state index in [0.717, 1.165) is 22.4 Å². The van der Waals surface area contributed by atoms with Crippen LogP contribution in [0.3, 0.4) is 0 Å². The van der Waals surface area contributed by atoms with Crippen LogP contribution < -0.4 is 5.32 Å². The zero-order chi connectivity index (χ0) is 18.5. The zero-order valence-electron chi connectivity index (χ0n) is 15.0. The lowest BCUT2D eigenvalue weighted by atomic mass is 10.1. The largest absolute Gasteiger partial charge is 0.338 e. The number of nitrogens with zero attached hydrogens (tertiary/aromatic N) is 2. The molecule has 6 heteroatoms. The van der Waals surface area contributed by atoms with Gasteiger partial charge in [-0.25, -0.2) is 0 Å². The lowest BCUT2D eigenvalue weighted by Crippen LogP contribution is -2.22. The minimum Gasteiger partial charge on any atom is -0.338 e. The molecule has 1 N–H and O–H groups in total. The Labute approximate surface area is 157 Å². The molecule has 26 heavy (non-hydrogen) atoms. The molecule has 0 fully saturated rings. The lowest BCUT2D eigenvalue weighted by molar-refractivity contribution is -0.115. The maximum atomic E-state index is 12.3. The molecule has 1 aromatic heterocycles. The van der Waals surface area contributed by atoms with Crippen LogP contribution in [0.1, 0.15) is 23.9 Å². The quantitative estimate of drug-likeness (QED) is 0.689. The van der Waals surface area contributed by atoms with Crippen molar-refractivity contribution in [1.29, 1.82) is 0 Å². The summed E-state index contributed by atoms with van der Waals surface area (Å²) in [7, 11) is 0. The highest BCUT2D eigenvalue weighted by atomic mass is 32.2. The van der Waals surface area contributed by atoms with E-state index >= 15 is 0 Å². The van der Waals surface area contributed by atoms with Gasteiger partial charge in [-0.05, 0) is 44.0 Å². The first kappa shape index (κ1) is 18.2. The number of hydrogen-bond donors (Lipinski definition) is 1. The molecule has 3 rings (SSSR count). The summed E-state index contributed by atoms with van der Waals surface area (Å²) in [5, 5.41) is 6.75. The van der Waals surface area contributed by atoms with Crippen molar-refractivity contribution in [3.8, 4) is 11.4 Å². The van der Waals surface area contributed by atoms with E-state index in [1.165, 1.54) is 11.8 Å². The molecule has 0 radical (unpaired) electrons. The van der Waals surface area contributed by atoms with Crippen molar-refractivity contribution >= 4 is 23.4 Å². The van der Waals surface area contributed by atoms with Crippen LogP contribution in [-0.2, 0) is 10.5 Å². The Bertz CT molecular complexity index is 907. The highest BCUT2D eigenvalue weighted by Gasteiger charge is 2.16. The Hall–Kier alpha value is -2.60. The van der Waals surface area contributed by atoms with E-state index in [4.69, 9.17) is 4.52 Å². The number of thioether (sulfide) groups is 1. The molecule has 0 bridgehead atoms. The molecule has 0 unspecified atom stereocenters. The van der Waals surface area contributed by atoms with Crippen LogP contribution in [0.25, 0.3) is 11.4 Å². The maximum Gasteiger partial charge on any atom is 0.237 e. The van der Waals surface area contributed by atoms with E-state index < -0.39 is 0 Å². The Kier molecular flexibility index (Phi) is 5.73. The van der Waals surface area contributed by atoms with Crippen LogP contribution in [0, 0.1) is 13.8 Å². The first-order valence-electron chi connectivity index (χ1n) is 8.40. The minimum atomic E-state index is -0.232. The number of rotatable bonds is 6. The third-order valence-corrected chi connectivity index (χ3v) is 5.09. The monoisotopic (exact) mass is 367 g/mol. The third kappa shape index (κ3) is 4.52. The summed E-state index contributed by atoms with van der Waals surface area (Å²) in [5.74, 6) is 1.54. The highest BCUT2D eigenvalue weighted by molar-refractivity contribution is 7.99. The second-order valence-corrected chi connectivity index (χ2v) is 7.47. The zero-order valence-corrected chi connectivity index (χ0v) is 15.8. The summed E-state index contributed by atoms with van der Waals surface area (Å²) in [6.45, 7) is 5.88. The predicted molar refractivity (Wildman–Crippen MR) is 105 cm³/mol. The number of carbonyl (C=O) groups is 1. The Morgan fingerprint density at radius 2 is 2.00 bits per heavy atom. The normalized spacial score (nSPS) is 12.0. The van der Waals surface area contributed by atoms with Crippen molar-refractivity contribution in [2.24, 2.45) is 0 Å². The second kappa shape index (κ2) is 8.19. The fourth-order valence-corrected chi connectivity index (χ4v) is 3.21. The second-order valence-electron chi connectivity index (χ2n) is 6.14. The molecule has 5 nitrogen and oxygen atoms in total. The molecule has 0 saturated heterocycles. The Morgan fingerprint density at radius 3 is 2.77 bits per heavy atom. The van der Waals surface area contributed by atoms with E-state index in [1.54, 1.807) is 0 Å². The molecule has 3 aromatic rings. The minimum absolute atomic E-state index is 0.0424. The van der Waals surface area contributed by atoms with Gasteiger partial charge in [-0.2, -0.15) is 4.98 Å². The number of anilines is 1. The topological polar surface area (TPSA) is 68.0 Å². The van der Waals surface area contributed by atoms with Gasteiger partial charge in [-0.1, -0.05) is 41.6 Å². The van der Waals surface area contributed by atoms with Crippen LogP contribution in [0.4, 0.5) is 5.69 Å². The Morgan fingerprint density at radius 1 is 1.19 bits per heavy atom. The van der Waals surface area contributed by atoms with Crippen molar-refractivity contribution < 1.29 is 9.32 Å². The SMILES string of the molecule is Cc1cccc(NC(=O)[C@@H](C)SCc2nc(-c3ccccc3C)no2)c1. The molecule has 0 aliphatic rings. The number of hydrogen-bond acceptors (Lipinski definition) is 5. The van der Waals surface area contributed by atoms with Gasteiger partial charge in [0.05, 0.1) is 11.0 Å². The standard InChI is InChI=1S/C20H21N3O2S/c1-13-7-6-9-16(11-13)21-20(24)15(3)26-12-18-22-19(23-25-18)17-10-5-4-8-14(17)2/h4-11,15H,12H2,1-3H3,(H,21,24)/t15-/m1/s1. The van der Waals surface area contributed by atoms with E-state index in [-0.39, 0.29) is 11.2 Å². The van der Waals surface area contributed by atoms with Gasteiger partial charge in [0, 0.05) is 11.3 Å². The summed E-state index contributed by atoms with van der Waals surface area (Å²) in [5.41, 5.74) is 3.97. The summed E-state index contributed by atoms with van der Waals surface area (Å²) >= 11 is 1.47. The fraction of sp³-hybridized carbons (Fsp3) is 0.250. The molecule has 1 heterocycles. The number of aromatic nitrogens is 2. The van der Waals surface area contributed by atoms with Gasteiger partial charge in [-0.3, -0.25) is 4.79 Å². The van der Waals surface area contributed by atoms with Crippen molar-refractivity contribution in [1.82, 2.24) is 10.1 Å². The number of nitrogens with one attached hydrogen (secondary N) is 1. The Balaban J connectivity index is 1.57. The predicted octanol–water partition coefficient (Wildman–Crippen LogP) is 4.61. The molecule has 1 amide bonds. The molecule has 0 aliphatic heterocycles. The van der Waals surface area contributed by atoms with Gasteiger partial charge in [0.2, 0.25) is 17.6 Å². The van der Waals surface area contributed by atoms with Crippen molar-refractivity contribution in [3.63, 3.8) is 0 Å². The molecule has 0 spiro atoms. The summed E-state index contributed by atoms with van der Waals surface area (Å²) in [4.78, 5) is 16.8. The van der Waals surface area contributed by atoms with Crippen molar-refractivity contribution in [3.05, 3.63) is 65.5 Å². The molecule has 1 atom stereocenters.